The molecule has 0 heterocycles. The van der Waals surface area contributed by atoms with E-state index in [2.05, 4.69) is 5.32 Å². The number of allylic oxidation sites excluding steroid dienone is 1. The van der Waals surface area contributed by atoms with Gasteiger partial charge in [-0.15, -0.1) is 0 Å². The largest absolute Gasteiger partial charge is 0.478 e. The maximum Gasteiger partial charge on any atom is 0.333 e. The molecule has 1 saturated carbocycles. The second kappa shape index (κ2) is 4.03. The lowest BCUT2D eigenvalue weighted by molar-refractivity contribution is -0.132. The summed E-state index contributed by atoms with van der Waals surface area (Å²) in [5.41, 5.74) is 1.63. The Balaban J connectivity index is 2.00. The number of nitrogens with one attached hydrogen (secondary N) is 1. The van der Waals surface area contributed by atoms with Gasteiger partial charge >= 0.3 is 5.97 Å². The number of carboxylic acid groups (broad SMARTS) is 1. The lowest BCUT2D eigenvalue weighted by atomic mass is 10.2. The second-order valence-electron chi connectivity index (χ2n) is 4.24. The van der Waals surface area contributed by atoms with E-state index in [1.54, 1.807) is 0 Å². The number of carboxylic acids is 1. The highest BCUT2D eigenvalue weighted by Gasteiger charge is 2.23. The van der Waals surface area contributed by atoms with Gasteiger partial charge in [-0.25, -0.2) is 4.79 Å². The normalized spacial score (nSPS) is 23.1. The van der Waals surface area contributed by atoms with Gasteiger partial charge in [0.2, 0.25) is 0 Å². The Morgan fingerprint density at radius 3 is 2.57 bits per heavy atom. The van der Waals surface area contributed by atoms with Gasteiger partial charge in [0.15, 0.2) is 0 Å². The van der Waals surface area contributed by atoms with Crippen LogP contribution in [0.5, 0.6) is 0 Å². The molecule has 3 heteroatoms. The van der Waals surface area contributed by atoms with Crippen LogP contribution in [0.3, 0.4) is 0 Å². The van der Waals surface area contributed by atoms with Crippen molar-refractivity contribution in [3.05, 3.63) is 11.3 Å². The van der Waals surface area contributed by atoms with Crippen LogP contribution >= 0.6 is 0 Å². The third-order valence-electron chi connectivity index (χ3n) is 3.21. The third kappa shape index (κ3) is 1.91. The number of rotatable bonds is 3. The molecule has 0 unspecified atom stereocenters. The van der Waals surface area contributed by atoms with Crippen LogP contribution in [0.2, 0.25) is 0 Å². The van der Waals surface area contributed by atoms with Crippen LogP contribution in [-0.2, 0) is 4.79 Å². The monoisotopic (exact) mass is 195 g/mol. The minimum atomic E-state index is -0.733. The first-order valence-corrected chi connectivity index (χ1v) is 5.49. The van der Waals surface area contributed by atoms with Gasteiger partial charge < -0.3 is 10.4 Å². The zero-order chi connectivity index (χ0) is 9.97. The minimum absolute atomic E-state index is 0.539. The van der Waals surface area contributed by atoms with Crippen LogP contribution in [-0.4, -0.2) is 17.1 Å². The van der Waals surface area contributed by atoms with E-state index in [1.165, 1.54) is 25.7 Å². The topological polar surface area (TPSA) is 49.3 Å². The number of hydrogen-bond acceptors (Lipinski definition) is 2. The molecule has 2 aliphatic carbocycles. The van der Waals surface area contributed by atoms with Gasteiger partial charge in [0, 0.05) is 11.7 Å². The zero-order valence-electron chi connectivity index (χ0n) is 8.38. The van der Waals surface area contributed by atoms with E-state index in [-0.39, 0.29) is 0 Å². The molecule has 1 fully saturated rings. The van der Waals surface area contributed by atoms with Gasteiger partial charge in [-0.1, -0.05) is 12.8 Å². The van der Waals surface area contributed by atoms with Gasteiger partial charge in [-0.3, -0.25) is 0 Å². The van der Waals surface area contributed by atoms with E-state index in [0.29, 0.717) is 11.6 Å². The maximum atomic E-state index is 10.9. The molecule has 0 aliphatic heterocycles. The molecule has 0 aromatic carbocycles. The molecule has 0 aromatic rings. The molecular formula is C11H17NO2. The summed E-state index contributed by atoms with van der Waals surface area (Å²) in [6.07, 6.45) is 7.65. The highest BCUT2D eigenvalue weighted by atomic mass is 16.4. The standard InChI is InChI=1S/C11H17NO2/c13-11(14)9-6-3-7-10(9)12-8-4-1-2-5-8/h8,12H,1-7H2,(H,13,14). The molecule has 78 valence electrons. The molecule has 0 spiro atoms. The van der Waals surface area contributed by atoms with Gasteiger partial charge in [0.25, 0.3) is 0 Å². The summed E-state index contributed by atoms with van der Waals surface area (Å²) in [6, 6.07) is 0.539. The number of aliphatic carboxylic acids is 1. The predicted molar refractivity (Wildman–Crippen MR) is 53.9 cm³/mol. The quantitative estimate of drug-likeness (QED) is 0.724. The van der Waals surface area contributed by atoms with Crippen LogP contribution in [0.4, 0.5) is 0 Å². The van der Waals surface area contributed by atoms with Crippen molar-refractivity contribution in [1.82, 2.24) is 5.32 Å². The molecule has 2 N–H and O–H groups in total. The molecule has 0 saturated heterocycles. The Labute approximate surface area is 84.2 Å². The average molecular weight is 195 g/mol. The van der Waals surface area contributed by atoms with E-state index >= 15 is 0 Å². The summed E-state index contributed by atoms with van der Waals surface area (Å²) >= 11 is 0. The van der Waals surface area contributed by atoms with Crippen molar-refractivity contribution in [2.75, 3.05) is 0 Å². The van der Waals surface area contributed by atoms with Crippen molar-refractivity contribution in [3.63, 3.8) is 0 Å². The van der Waals surface area contributed by atoms with Crippen molar-refractivity contribution in [2.24, 2.45) is 0 Å². The van der Waals surface area contributed by atoms with E-state index in [4.69, 9.17) is 5.11 Å². The predicted octanol–water partition coefficient (Wildman–Crippen LogP) is 2.04. The van der Waals surface area contributed by atoms with Crippen molar-refractivity contribution < 1.29 is 9.90 Å². The van der Waals surface area contributed by atoms with Crippen molar-refractivity contribution in [3.8, 4) is 0 Å². The summed E-state index contributed by atoms with van der Waals surface area (Å²) in [5.74, 6) is -0.733. The molecule has 0 bridgehead atoms. The first-order valence-electron chi connectivity index (χ1n) is 5.49. The molecule has 2 rings (SSSR count). The Morgan fingerprint density at radius 2 is 1.93 bits per heavy atom. The third-order valence-corrected chi connectivity index (χ3v) is 3.21. The van der Waals surface area contributed by atoms with Crippen LogP contribution in [0, 0.1) is 0 Å². The van der Waals surface area contributed by atoms with Crippen LogP contribution in [0.15, 0.2) is 11.3 Å². The number of hydrogen-bond donors (Lipinski definition) is 2. The average Bonchev–Trinajstić information content (AvgIpc) is 2.75. The van der Waals surface area contributed by atoms with E-state index in [0.717, 1.165) is 25.0 Å². The van der Waals surface area contributed by atoms with Crippen molar-refractivity contribution in [1.29, 1.82) is 0 Å². The summed E-state index contributed by atoms with van der Waals surface area (Å²) in [4.78, 5) is 10.9. The lowest BCUT2D eigenvalue weighted by Crippen LogP contribution is -2.26. The summed E-state index contributed by atoms with van der Waals surface area (Å²) in [6.45, 7) is 0. The van der Waals surface area contributed by atoms with Gasteiger partial charge in [-0.2, -0.15) is 0 Å². The molecule has 2 aliphatic rings. The van der Waals surface area contributed by atoms with E-state index in [1.807, 2.05) is 0 Å². The molecule has 0 radical (unpaired) electrons. The lowest BCUT2D eigenvalue weighted by Gasteiger charge is -2.15. The SMILES string of the molecule is O=C(O)C1=C(NC2CCCC2)CCC1. The molecule has 14 heavy (non-hydrogen) atoms. The Hall–Kier alpha value is -0.990. The molecular weight excluding hydrogens is 178 g/mol. The van der Waals surface area contributed by atoms with Crippen LogP contribution < -0.4 is 5.32 Å². The Kier molecular flexibility index (Phi) is 2.75. The highest BCUT2D eigenvalue weighted by molar-refractivity contribution is 5.88. The molecule has 3 nitrogen and oxygen atoms in total. The second-order valence-corrected chi connectivity index (χ2v) is 4.24. The summed E-state index contributed by atoms with van der Waals surface area (Å²) < 4.78 is 0. The molecule has 0 atom stereocenters. The maximum absolute atomic E-state index is 10.9. The van der Waals surface area contributed by atoms with Crippen LogP contribution in [0.1, 0.15) is 44.9 Å². The Bertz CT molecular complexity index is 264. The fourth-order valence-corrected chi connectivity index (χ4v) is 2.46. The first-order chi connectivity index (χ1) is 6.77. The fourth-order valence-electron chi connectivity index (χ4n) is 2.46. The molecule has 0 amide bonds. The number of carbonyl (C=O) groups is 1. The zero-order valence-corrected chi connectivity index (χ0v) is 8.38. The first kappa shape index (κ1) is 9.56. The van der Waals surface area contributed by atoms with Crippen LogP contribution in [0.25, 0.3) is 0 Å². The van der Waals surface area contributed by atoms with E-state index < -0.39 is 5.97 Å². The summed E-state index contributed by atoms with van der Waals surface area (Å²) in [7, 11) is 0. The van der Waals surface area contributed by atoms with Crippen molar-refractivity contribution >= 4 is 5.97 Å². The highest BCUT2D eigenvalue weighted by Crippen LogP contribution is 2.27. The van der Waals surface area contributed by atoms with Gasteiger partial charge in [0.1, 0.15) is 0 Å². The van der Waals surface area contributed by atoms with Crippen molar-refractivity contribution in [2.45, 2.75) is 51.0 Å². The fraction of sp³-hybridized carbons (Fsp3) is 0.727. The summed E-state index contributed by atoms with van der Waals surface area (Å²) in [5, 5.41) is 12.4. The van der Waals surface area contributed by atoms with Gasteiger partial charge in [-0.05, 0) is 32.1 Å². The minimum Gasteiger partial charge on any atom is -0.478 e. The Morgan fingerprint density at radius 1 is 1.21 bits per heavy atom. The van der Waals surface area contributed by atoms with Gasteiger partial charge in [0.05, 0.1) is 5.57 Å². The smallest absolute Gasteiger partial charge is 0.333 e. The van der Waals surface area contributed by atoms with E-state index in [9.17, 15) is 4.79 Å². The molecule has 0 aromatic heterocycles.